The summed E-state index contributed by atoms with van der Waals surface area (Å²) in [5.74, 6) is -0.215. The molecular formula is C8H15N5O4S. The number of aryl methyl sites for hydroxylation is 1. The molecule has 1 aromatic rings. The van der Waals surface area contributed by atoms with Gasteiger partial charge in [-0.3, -0.25) is 0 Å². The third kappa shape index (κ3) is 4.67. The predicted molar refractivity (Wildman–Crippen MR) is 62.3 cm³/mol. The van der Waals surface area contributed by atoms with Crippen LogP contribution in [0.3, 0.4) is 0 Å². The van der Waals surface area contributed by atoms with Gasteiger partial charge in [-0.1, -0.05) is 16.7 Å². The summed E-state index contributed by atoms with van der Waals surface area (Å²) in [5.41, 5.74) is 6.04. The molecule has 10 heteroatoms. The van der Waals surface area contributed by atoms with E-state index in [-0.39, 0.29) is 17.3 Å². The maximum atomic E-state index is 10.7. The highest BCUT2D eigenvalue weighted by molar-refractivity contribution is 7.89. The Morgan fingerprint density at radius 2 is 2.06 bits per heavy atom. The molecule has 1 aromatic heterocycles. The number of aromatic nitrogens is 2. The summed E-state index contributed by atoms with van der Waals surface area (Å²) in [6.45, 7) is 0. The fourth-order valence-corrected chi connectivity index (χ4v) is 1.99. The molecule has 0 bridgehead atoms. The molecule has 0 unspecified atom stereocenters. The predicted octanol–water partition coefficient (Wildman–Crippen LogP) is -0.835. The van der Waals surface area contributed by atoms with Crippen LogP contribution in [0.5, 0.6) is 0 Å². The largest absolute Gasteiger partial charge is 0.409 e. The fraction of sp³-hybridized carbons (Fsp3) is 0.625. The van der Waals surface area contributed by atoms with Crippen molar-refractivity contribution in [1.29, 1.82) is 0 Å². The maximum absolute atomic E-state index is 10.7. The van der Waals surface area contributed by atoms with Gasteiger partial charge < -0.3 is 10.9 Å². The van der Waals surface area contributed by atoms with Crippen molar-refractivity contribution in [3.63, 3.8) is 0 Å². The highest BCUT2D eigenvalue weighted by Crippen LogP contribution is 2.08. The minimum absolute atomic E-state index is 0.0445. The number of rotatable bonds is 7. The maximum Gasteiger partial charge on any atom is 0.209 e. The van der Waals surface area contributed by atoms with Gasteiger partial charge in [0.2, 0.25) is 10.0 Å². The smallest absolute Gasteiger partial charge is 0.209 e. The second kappa shape index (κ2) is 6.31. The van der Waals surface area contributed by atoms with E-state index in [1.165, 1.54) is 0 Å². The van der Waals surface area contributed by atoms with Gasteiger partial charge in [0, 0.05) is 0 Å². The molecule has 0 radical (unpaired) electrons. The lowest BCUT2D eigenvalue weighted by Gasteiger charge is -1.99. The van der Waals surface area contributed by atoms with Gasteiger partial charge in [0.15, 0.2) is 11.5 Å². The number of unbranched alkanes of at least 4 members (excludes halogenated alkanes) is 2. The molecule has 0 fully saturated rings. The molecule has 18 heavy (non-hydrogen) atoms. The fourth-order valence-electron chi connectivity index (χ4n) is 1.38. The lowest BCUT2D eigenvalue weighted by Crippen LogP contribution is -2.16. The Balaban J connectivity index is 2.39. The molecule has 0 aliphatic rings. The van der Waals surface area contributed by atoms with E-state index in [2.05, 4.69) is 20.1 Å². The first kappa shape index (κ1) is 14.4. The van der Waals surface area contributed by atoms with Crippen LogP contribution >= 0.6 is 0 Å². The van der Waals surface area contributed by atoms with Crippen LogP contribution in [0.4, 0.5) is 0 Å². The van der Waals surface area contributed by atoms with E-state index in [0.717, 1.165) is 0 Å². The molecule has 5 N–H and O–H groups in total. The number of oxime groups is 1. The van der Waals surface area contributed by atoms with Crippen LogP contribution in [0.1, 0.15) is 30.7 Å². The first-order chi connectivity index (χ1) is 8.44. The number of nitrogens with zero attached hydrogens (tertiary/aromatic N) is 3. The summed E-state index contributed by atoms with van der Waals surface area (Å²) in [5, 5.41) is 23.3. The Morgan fingerprint density at radius 3 is 2.67 bits per heavy atom. The van der Waals surface area contributed by atoms with Crippen LogP contribution in [0.25, 0.3) is 0 Å². The number of hydrogen-bond acceptors (Lipinski definition) is 7. The normalized spacial score (nSPS) is 12.8. The summed E-state index contributed by atoms with van der Waals surface area (Å²) >= 11 is 0. The molecule has 0 aliphatic heterocycles. The zero-order chi connectivity index (χ0) is 13.6. The van der Waals surface area contributed by atoms with Gasteiger partial charge in [0.1, 0.15) is 5.69 Å². The third-order valence-electron chi connectivity index (χ3n) is 2.25. The molecular weight excluding hydrogens is 262 g/mol. The molecule has 0 atom stereocenters. The van der Waals surface area contributed by atoms with Gasteiger partial charge in [-0.2, -0.15) is 0 Å². The molecule has 0 saturated carbocycles. The summed E-state index contributed by atoms with van der Waals surface area (Å²) in [6.07, 6.45) is 2.32. The van der Waals surface area contributed by atoms with Crippen molar-refractivity contribution < 1.29 is 18.3 Å². The number of sulfonamides is 1. The Labute approximate surface area is 104 Å². The molecule has 9 nitrogen and oxygen atoms in total. The second-order valence-electron chi connectivity index (χ2n) is 3.72. The van der Waals surface area contributed by atoms with Gasteiger partial charge in [-0.15, -0.1) is 0 Å². The van der Waals surface area contributed by atoms with Gasteiger partial charge >= 0.3 is 0 Å². The average molecular weight is 277 g/mol. The lowest BCUT2D eigenvalue weighted by molar-refractivity contribution is 0.300. The summed E-state index contributed by atoms with van der Waals surface area (Å²) in [7, 11) is -3.40. The van der Waals surface area contributed by atoms with Crippen molar-refractivity contribution in [1.82, 2.24) is 10.3 Å². The first-order valence-electron chi connectivity index (χ1n) is 5.24. The lowest BCUT2D eigenvalue weighted by atomic mass is 10.1. The van der Waals surface area contributed by atoms with E-state index in [1.54, 1.807) is 0 Å². The molecule has 102 valence electrons. The van der Waals surface area contributed by atoms with E-state index in [0.29, 0.717) is 31.4 Å². The number of primary sulfonamides is 1. The van der Waals surface area contributed by atoms with E-state index in [9.17, 15) is 8.42 Å². The Kier molecular flexibility index (Phi) is 5.04. The average Bonchev–Trinajstić information content (AvgIpc) is 2.74. The quantitative estimate of drug-likeness (QED) is 0.193. The minimum atomic E-state index is -3.40. The monoisotopic (exact) mass is 277 g/mol. The molecule has 0 spiro atoms. The van der Waals surface area contributed by atoms with Crippen molar-refractivity contribution >= 4 is 15.9 Å². The van der Waals surface area contributed by atoms with Crippen molar-refractivity contribution in [2.24, 2.45) is 16.0 Å². The molecule has 0 saturated heterocycles. The minimum Gasteiger partial charge on any atom is -0.409 e. The van der Waals surface area contributed by atoms with E-state index in [4.69, 9.17) is 16.1 Å². The molecule has 1 rings (SSSR count). The second-order valence-corrected chi connectivity index (χ2v) is 5.46. The molecule has 1 heterocycles. The standard InChI is InChI=1S/C8H15N5O4S/c9-8(11-14)7-6(12-17-13-7)4-2-1-3-5-18(10,15)16/h14H,1-5H2,(H2,9,11)(H2,10,15,16). The topological polar surface area (TPSA) is 158 Å². The van der Waals surface area contributed by atoms with Crippen LogP contribution in [0.2, 0.25) is 0 Å². The zero-order valence-electron chi connectivity index (χ0n) is 9.61. The van der Waals surface area contributed by atoms with Gasteiger partial charge in [0.05, 0.1) is 5.75 Å². The Morgan fingerprint density at radius 1 is 1.33 bits per heavy atom. The van der Waals surface area contributed by atoms with Gasteiger partial charge in [-0.05, 0) is 24.4 Å². The number of hydrogen-bond donors (Lipinski definition) is 3. The van der Waals surface area contributed by atoms with Crippen molar-refractivity contribution in [2.45, 2.75) is 25.7 Å². The zero-order valence-corrected chi connectivity index (χ0v) is 10.4. The van der Waals surface area contributed by atoms with Crippen LogP contribution in [0.15, 0.2) is 9.78 Å². The highest BCUT2D eigenvalue weighted by atomic mass is 32.2. The highest BCUT2D eigenvalue weighted by Gasteiger charge is 2.13. The van der Waals surface area contributed by atoms with Crippen molar-refractivity contribution in [3.8, 4) is 0 Å². The van der Waals surface area contributed by atoms with Crippen LogP contribution in [-0.4, -0.2) is 35.5 Å². The molecule has 0 aliphatic carbocycles. The van der Waals surface area contributed by atoms with E-state index < -0.39 is 10.0 Å². The number of nitrogens with two attached hydrogens (primary N) is 2. The molecule has 0 aromatic carbocycles. The van der Waals surface area contributed by atoms with Crippen LogP contribution < -0.4 is 10.9 Å². The summed E-state index contributed by atoms with van der Waals surface area (Å²) in [4.78, 5) is 0. The molecule has 0 amide bonds. The Hall–Kier alpha value is -1.68. The Bertz CT molecular complexity index is 509. The van der Waals surface area contributed by atoms with Gasteiger partial charge in [0.25, 0.3) is 0 Å². The van der Waals surface area contributed by atoms with Crippen LogP contribution in [-0.2, 0) is 16.4 Å². The summed E-state index contributed by atoms with van der Waals surface area (Å²) in [6, 6.07) is 0. The van der Waals surface area contributed by atoms with E-state index in [1.807, 2.05) is 0 Å². The summed E-state index contributed by atoms with van der Waals surface area (Å²) < 4.78 is 25.9. The van der Waals surface area contributed by atoms with Crippen molar-refractivity contribution in [2.75, 3.05) is 5.75 Å². The van der Waals surface area contributed by atoms with Gasteiger partial charge in [-0.25, -0.2) is 18.2 Å². The SMILES string of the molecule is NC(=NO)c1nonc1CCCCCS(N)(=O)=O. The van der Waals surface area contributed by atoms with Crippen LogP contribution in [0, 0.1) is 0 Å². The van der Waals surface area contributed by atoms with Crippen molar-refractivity contribution in [3.05, 3.63) is 11.4 Å². The third-order valence-corrected chi connectivity index (χ3v) is 3.11. The first-order valence-corrected chi connectivity index (χ1v) is 6.95. The number of amidine groups is 1. The van der Waals surface area contributed by atoms with E-state index >= 15 is 0 Å².